The third-order valence-electron chi connectivity index (χ3n) is 5.34. The van der Waals surface area contributed by atoms with Crippen molar-refractivity contribution in [2.75, 3.05) is 6.54 Å². The van der Waals surface area contributed by atoms with Crippen molar-refractivity contribution < 1.29 is 9.59 Å². The zero-order chi connectivity index (χ0) is 17.2. The highest BCUT2D eigenvalue weighted by molar-refractivity contribution is 5.97. The molecule has 7 nitrogen and oxygen atoms in total. The number of aromatic amines is 1. The molecule has 0 unspecified atom stereocenters. The molecule has 1 aromatic heterocycles. The average Bonchev–Trinajstić information content (AvgIpc) is 3.12. The summed E-state index contributed by atoms with van der Waals surface area (Å²) in [6.07, 6.45) is 7.51. The van der Waals surface area contributed by atoms with Crippen molar-refractivity contribution in [3.8, 4) is 0 Å². The fourth-order valence-corrected chi connectivity index (χ4v) is 4.00. The Balaban J connectivity index is 1.40. The maximum absolute atomic E-state index is 12.5. The largest absolute Gasteiger partial charge is 0.347 e. The summed E-state index contributed by atoms with van der Waals surface area (Å²) in [7, 11) is 0. The zero-order valence-electron chi connectivity index (χ0n) is 14.2. The van der Waals surface area contributed by atoms with Gasteiger partial charge in [0.05, 0.1) is 6.04 Å². The number of aromatic nitrogens is 3. The van der Waals surface area contributed by atoms with Crippen LogP contribution in [0.3, 0.4) is 0 Å². The van der Waals surface area contributed by atoms with E-state index >= 15 is 0 Å². The minimum absolute atomic E-state index is 0.115. The predicted octanol–water partition coefficient (Wildman–Crippen LogP) is 2.01. The standard InChI is InChI=1S/C18H23N5O2/c24-17-10-13(11-23(17)14-5-3-1-2-4-6-14)19-18(25)12-7-8-15-16(9-12)21-22-20-15/h7-9,13-14H,1-6,10-11H2,(H,19,25)(H,20,21,22)/t13-/m1/s1. The van der Waals surface area contributed by atoms with Gasteiger partial charge in [-0.25, -0.2) is 0 Å². The van der Waals surface area contributed by atoms with Crippen LogP contribution in [0.25, 0.3) is 11.0 Å². The predicted molar refractivity (Wildman–Crippen MR) is 93.0 cm³/mol. The van der Waals surface area contributed by atoms with E-state index < -0.39 is 0 Å². The van der Waals surface area contributed by atoms with Crippen molar-refractivity contribution in [1.29, 1.82) is 0 Å². The highest BCUT2D eigenvalue weighted by atomic mass is 16.2. The molecule has 1 aliphatic carbocycles. The summed E-state index contributed by atoms with van der Waals surface area (Å²) >= 11 is 0. The maximum atomic E-state index is 12.5. The smallest absolute Gasteiger partial charge is 0.251 e. The van der Waals surface area contributed by atoms with Crippen molar-refractivity contribution in [2.24, 2.45) is 0 Å². The quantitative estimate of drug-likeness (QED) is 0.836. The second-order valence-corrected chi connectivity index (χ2v) is 7.09. The molecule has 1 atom stereocenters. The Morgan fingerprint density at radius 1 is 1.12 bits per heavy atom. The highest BCUT2D eigenvalue weighted by Gasteiger charge is 2.35. The van der Waals surface area contributed by atoms with Crippen LogP contribution in [0.5, 0.6) is 0 Å². The Kier molecular flexibility index (Phi) is 4.38. The molecule has 7 heteroatoms. The van der Waals surface area contributed by atoms with E-state index in [9.17, 15) is 9.59 Å². The van der Waals surface area contributed by atoms with Gasteiger partial charge in [-0.05, 0) is 31.0 Å². The van der Waals surface area contributed by atoms with Gasteiger partial charge in [0.2, 0.25) is 5.91 Å². The van der Waals surface area contributed by atoms with E-state index in [4.69, 9.17) is 0 Å². The van der Waals surface area contributed by atoms with Crippen LogP contribution >= 0.6 is 0 Å². The van der Waals surface area contributed by atoms with Crippen molar-refractivity contribution in [3.05, 3.63) is 23.8 Å². The summed E-state index contributed by atoms with van der Waals surface area (Å²) in [5.74, 6) is 0.00886. The van der Waals surface area contributed by atoms with E-state index in [1.165, 1.54) is 25.7 Å². The van der Waals surface area contributed by atoms with Crippen LogP contribution in [0.2, 0.25) is 0 Å². The Labute approximate surface area is 146 Å². The monoisotopic (exact) mass is 341 g/mol. The third-order valence-corrected chi connectivity index (χ3v) is 5.34. The second-order valence-electron chi connectivity index (χ2n) is 7.09. The number of hydrogen-bond donors (Lipinski definition) is 2. The molecular formula is C18H23N5O2. The van der Waals surface area contributed by atoms with Gasteiger partial charge in [0.1, 0.15) is 11.0 Å². The first-order valence-corrected chi connectivity index (χ1v) is 9.11. The Bertz CT molecular complexity index is 779. The molecule has 4 rings (SSSR count). The molecule has 0 radical (unpaired) electrons. The van der Waals surface area contributed by atoms with E-state index in [-0.39, 0.29) is 17.9 Å². The number of hydrogen-bond acceptors (Lipinski definition) is 4. The first-order chi connectivity index (χ1) is 12.2. The lowest BCUT2D eigenvalue weighted by Crippen LogP contribution is -2.40. The van der Waals surface area contributed by atoms with Crippen molar-refractivity contribution in [1.82, 2.24) is 25.6 Å². The lowest BCUT2D eigenvalue weighted by Gasteiger charge is -2.27. The maximum Gasteiger partial charge on any atom is 0.251 e. The fourth-order valence-electron chi connectivity index (χ4n) is 4.00. The minimum atomic E-state index is -0.162. The van der Waals surface area contributed by atoms with Gasteiger partial charge in [-0.2, -0.15) is 15.4 Å². The number of rotatable bonds is 3. The van der Waals surface area contributed by atoms with Crippen LogP contribution in [0, 0.1) is 0 Å². The highest BCUT2D eigenvalue weighted by Crippen LogP contribution is 2.26. The number of nitrogens with one attached hydrogen (secondary N) is 2. The van der Waals surface area contributed by atoms with Crippen LogP contribution in [-0.4, -0.2) is 50.8 Å². The molecule has 1 saturated carbocycles. The molecule has 2 N–H and O–H groups in total. The molecule has 2 fully saturated rings. The third kappa shape index (κ3) is 3.36. The molecule has 2 aromatic rings. The van der Waals surface area contributed by atoms with Gasteiger partial charge in [-0.3, -0.25) is 9.59 Å². The molecule has 2 aliphatic rings. The normalized spacial score (nSPS) is 22.3. The van der Waals surface area contributed by atoms with Crippen LogP contribution in [0.1, 0.15) is 55.3 Å². The molecule has 1 aliphatic heterocycles. The molecular weight excluding hydrogens is 318 g/mol. The van der Waals surface area contributed by atoms with Gasteiger partial charge >= 0.3 is 0 Å². The first-order valence-electron chi connectivity index (χ1n) is 9.11. The van der Waals surface area contributed by atoms with Gasteiger partial charge < -0.3 is 10.2 Å². The van der Waals surface area contributed by atoms with Gasteiger partial charge in [-0.15, -0.1) is 0 Å². The van der Waals surface area contributed by atoms with E-state index in [0.717, 1.165) is 18.4 Å². The van der Waals surface area contributed by atoms with Crippen LogP contribution in [-0.2, 0) is 4.79 Å². The zero-order valence-corrected chi connectivity index (χ0v) is 14.2. The van der Waals surface area contributed by atoms with Gasteiger partial charge in [0.15, 0.2) is 0 Å². The van der Waals surface area contributed by atoms with Crippen LogP contribution in [0.4, 0.5) is 0 Å². The molecule has 0 bridgehead atoms. The summed E-state index contributed by atoms with van der Waals surface area (Å²) in [4.78, 5) is 26.9. The molecule has 1 aromatic carbocycles. The number of amides is 2. The lowest BCUT2D eigenvalue weighted by atomic mass is 10.1. The van der Waals surface area contributed by atoms with E-state index in [2.05, 4.69) is 20.7 Å². The fraction of sp³-hybridized carbons (Fsp3) is 0.556. The lowest BCUT2D eigenvalue weighted by molar-refractivity contribution is -0.129. The molecule has 1 saturated heterocycles. The van der Waals surface area contributed by atoms with E-state index in [0.29, 0.717) is 30.1 Å². The molecule has 0 spiro atoms. The summed E-state index contributed by atoms with van der Waals surface area (Å²) in [6.45, 7) is 0.626. The minimum Gasteiger partial charge on any atom is -0.347 e. The molecule has 132 valence electrons. The number of carbonyl (C=O) groups excluding carboxylic acids is 2. The Morgan fingerprint density at radius 2 is 1.88 bits per heavy atom. The Morgan fingerprint density at radius 3 is 2.68 bits per heavy atom. The topological polar surface area (TPSA) is 91.0 Å². The summed E-state index contributed by atoms with van der Waals surface area (Å²) < 4.78 is 0. The number of benzene rings is 1. The number of nitrogens with zero attached hydrogens (tertiary/aromatic N) is 3. The molecule has 2 amide bonds. The second kappa shape index (κ2) is 6.82. The summed E-state index contributed by atoms with van der Waals surface area (Å²) in [5, 5.41) is 13.5. The van der Waals surface area contributed by atoms with Crippen LogP contribution in [0.15, 0.2) is 18.2 Å². The van der Waals surface area contributed by atoms with Crippen molar-refractivity contribution >= 4 is 22.8 Å². The summed E-state index contributed by atoms with van der Waals surface area (Å²) in [6, 6.07) is 5.46. The number of carbonyl (C=O) groups is 2. The van der Waals surface area contributed by atoms with E-state index in [1.807, 2.05) is 4.90 Å². The van der Waals surface area contributed by atoms with Crippen LogP contribution < -0.4 is 5.32 Å². The molecule has 25 heavy (non-hydrogen) atoms. The summed E-state index contributed by atoms with van der Waals surface area (Å²) in [5.41, 5.74) is 1.93. The van der Waals surface area contributed by atoms with Crippen molar-refractivity contribution in [2.45, 2.75) is 57.0 Å². The number of likely N-dealkylation sites (tertiary alicyclic amines) is 1. The number of H-pyrrole nitrogens is 1. The van der Waals surface area contributed by atoms with Crippen molar-refractivity contribution in [3.63, 3.8) is 0 Å². The first kappa shape index (κ1) is 16.1. The van der Waals surface area contributed by atoms with E-state index in [1.54, 1.807) is 18.2 Å². The average molecular weight is 341 g/mol. The number of fused-ring (bicyclic) bond motifs is 1. The van der Waals surface area contributed by atoms with Gasteiger partial charge in [0, 0.05) is 24.6 Å². The van der Waals surface area contributed by atoms with Gasteiger partial charge in [-0.1, -0.05) is 25.7 Å². The molecule has 2 heterocycles. The Hall–Kier alpha value is -2.44. The van der Waals surface area contributed by atoms with Gasteiger partial charge in [0.25, 0.3) is 5.91 Å². The SMILES string of the molecule is O=C(N[C@@H]1CC(=O)N(C2CCCCCC2)C1)c1ccc2n[nH]nc2c1.